The topological polar surface area (TPSA) is 96.5 Å². The van der Waals surface area contributed by atoms with Gasteiger partial charge in [-0.05, 0) is 30.7 Å². The van der Waals surface area contributed by atoms with Gasteiger partial charge in [0.2, 0.25) is 11.8 Å². The summed E-state index contributed by atoms with van der Waals surface area (Å²) < 4.78 is 5.31. The van der Waals surface area contributed by atoms with Crippen molar-refractivity contribution in [2.75, 3.05) is 13.1 Å². The zero-order valence-corrected chi connectivity index (χ0v) is 12.4. The number of carboxylic acid groups (broad SMARTS) is 1. The zero-order chi connectivity index (χ0) is 16.1. The van der Waals surface area contributed by atoms with Gasteiger partial charge in [-0.25, -0.2) is 0 Å². The number of aliphatic carboxylic acids is 1. The smallest absolute Gasteiger partial charge is 0.323 e. The minimum absolute atomic E-state index is 0.308. The number of aromatic nitrogens is 2. The normalized spacial score (nSPS) is 10.5. The van der Waals surface area contributed by atoms with Gasteiger partial charge in [0.25, 0.3) is 5.91 Å². The molecule has 0 aliphatic carbocycles. The third-order valence-electron chi connectivity index (χ3n) is 3.01. The van der Waals surface area contributed by atoms with E-state index in [0.29, 0.717) is 35.9 Å². The van der Waals surface area contributed by atoms with E-state index in [4.69, 9.17) is 9.52 Å². The van der Waals surface area contributed by atoms with Crippen LogP contribution in [-0.4, -0.2) is 45.2 Å². The van der Waals surface area contributed by atoms with Gasteiger partial charge < -0.3 is 14.4 Å². The molecule has 0 fully saturated rings. The molecule has 116 valence electrons. The maximum atomic E-state index is 12.3. The number of nitrogens with zero attached hydrogens (tertiary/aromatic N) is 3. The van der Waals surface area contributed by atoms with Crippen LogP contribution in [-0.2, 0) is 4.79 Å². The van der Waals surface area contributed by atoms with E-state index in [1.807, 2.05) is 6.92 Å². The Balaban J connectivity index is 2.17. The molecule has 0 aliphatic rings. The highest BCUT2D eigenvalue weighted by Gasteiger charge is 2.18. The number of carbonyl (C=O) groups is 2. The molecule has 0 spiro atoms. The lowest BCUT2D eigenvalue weighted by Gasteiger charge is -2.19. The fourth-order valence-corrected chi connectivity index (χ4v) is 2.04. The first-order valence-corrected chi connectivity index (χ1v) is 6.93. The molecule has 0 saturated heterocycles. The van der Waals surface area contributed by atoms with Gasteiger partial charge in [0, 0.05) is 24.6 Å². The second-order valence-corrected chi connectivity index (χ2v) is 4.82. The summed E-state index contributed by atoms with van der Waals surface area (Å²) >= 11 is 0. The van der Waals surface area contributed by atoms with E-state index in [-0.39, 0.29) is 12.5 Å². The minimum Gasteiger partial charge on any atom is -0.480 e. The van der Waals surface area contributed by atoms with Crippen LogP contribution in [0.4, 0.5) is 0 Å². The lowest BCUT2D eigenvalue weighted by Crippen LogP contribution is -2.36. The number of carbonyl (C=O) groups excluding carboxylic acids is 1. The maximum absolute atomic E-state index is 12.3. The van der Waals surface area contributed by atoms with E-state index in [2.05, 4.69) is 10.2 Å². The fraction of sp³-hybridized carbons (Fsp3) is 0.333. The molecule has 7 heteroatoms. The molecular formula is C15H17N3O4. The molecule has 1 aromatic carbocycles. The summed E-state index contributed by atoms with van der Waals surface area (Å²) in [5.74, 6) is -0.490. The van der Waals surface area contributed by atoms with E-state index in [1.165, 1.54) is 4.90 Å². The van der Waals surface area contributed by atoms with Gasteiger partial charge in [0.15, 0.2) is 0 Å². The molecule has 2 aromatic rings. The van der Waals surface area contributed by atoms with Crippen LogP contribution in [0.25, 0.3) is 11.5 Å². The van der Waals surface area contributed by atoms with Crippen molar-refractivity contribution < 1.29 is 19.1 Å². The van der Waals surface area contributed by atoms with Crippen LogP contribution in [0.5, 0.6) is 0 Å². The number of benzene rings is 1. The van der Waals surface area contributed by atoms with E-state index in [1.54, 1.807) is 31.2 Å². The van der Waals surface area contributed by atoms with Crippen LogP contribution < -0.4 is 0 Å². The summed E-state index contributed by atoms with van der Waals surface area (Å²) in [4.78, 5) is 24.5. The van der Waals surface area contributed by atoms with Crippen molar-refractivity contribution >= 4 is 11.9 Å². The highest BCUT2D eigenvalue weighted by Crippen LogP contribution is 2.18. The average molecular weight is 303 g/mol. The number of hydrogen-bond acceptors (Lipinski definition) is 5. The number of amides is 1. The number of hydrogen-bond donors (Lipinski definition) is 1. The monoisotopic (exact) mass is 303 g/mol. The molecule has 2 rings (SSSR count). The second kappa shape index (κ2) is 6.84. The Hall–Kier alpha value is -2.70. The van der Waals surface area contributed by atoms with Gasteiger partial charge in [-0.3, -0.25) is 9.59 Å². The SMILES string of the molecule is CCCN(CC(=O)O)C(=O)c1ccc(-c2nnc(C)o2)cc1. The maximum Gasteiger partial charge on any atom is 0.323 e. The van der Waals surface area contributed by atoms with Crippen molar-refractivity contribution in [2.45, 2.75) is 20.3 Å². The first-order valence-electron chi connectivity index (χ1n) is 6.93. The molecule has 0 radical (unpaired) electrons. The van der Waals surface area contributed by atoms with Crippen molar-refractivity contribution in [1.82, 2.24) is 15.1 Å². The zero-order valence-electron chi connectivity index (χ0n) is 12.4. The first kappa shape index (κ1) is 15.7. The van der Waals surface area contributed by atoms with E-state index in [9.17, 15) is 9.59 Å². The summed E-state index contributed by atoms with van der Waals surface area (Å²) in [6.45, 7) is 3.68. The highest BCUT2D eigenvalue weighted by atomic mass is 16.4. The summed E-state index contributed by atoms with van der Waals surface area (Å²) in [6, 6.07) is 6.65. The van der Waals surface area contributed by atoms with Crippen LogP contribution in [0, 0.1) is 6.92 Å². The predicted molar refractivity (Wildman–Crippen MR) is 78.3 cm³/mol. The van der Waals surface area contributed by atoms with Crippen molar-refractivity contribution in [1.29, 1.82) is 0 Å². The molecule has 1 heterocycles. The summed E-state index contributed by atoms with van der Waals surface area (Å²) in [7, 11) is 0. The first-order chi connectivity index (χ1) is 10.5. The molecule has 0 atom stereocenters. The average Bonchev–Trinajstić information content (AvgIpc) is 2.92. The summed E-state index contributed by atoms with van der Waals surface area (Å²) in [5.41, 5.74) is 1.13. The molecule has 7 nitrogen and oxygen atoms in total. The Labute approximate surface area is 127 Å². The molecule has 0 unspecified atom stereocenters. The molecule has 0 saturated carbocycles. The van der Waals surface area contributed by atoms with Gasteiger partial charge in [-0.15, -0.1) is 10.2 Å². The largest absolute Gasteiger partial charge is 0.480 e. The predicted octanol–water partition coefficient (Wildman–Crippen LogP) is 1.98. The van der Waals surface area contributed by atoms with E-state index in [0.717, 1.165) is 0 Å². The van der Waals surface area contributed by atoms with Crippen molar-refractivity contribution in [3.63, 3.8) is 0 Å². The Morgan fingerprint density at radius 1 is 1.23 bits per heavy atom. The summed E-state index contributed by atoms with van der Waals surface area (Å²) in [6.07, 6.45) is 0.693. The van der Waals surface area contributed by atoms with E-state index >= 15 is 0 Å². The third-order valence-corrected chi connectivity index (χ3v) is 3.01. The van der Waals surface area contributed by atoms with Gasteiger partial charge in [0.1, 0.15) is 6.54 Å². The van der Waals surface area contributed by atoms with Gasteiger partial charge in [0.05, 0.1) is 0 Å². The quantitative estimate of drug-likeness (QED) is 0.876. The molecule has 0 aliphatic heterocycles. The van der Waals surface area contributed by atoms with Crippen LogP contribution in [0.15, 0.2) is 28.7 Å². The lowest BCUT2D eigenvalue weighted by atomic mass is 10.1. The second-order valence-electron chi connectivity index (χ2n) is 4.82. The summed E-state index contributed by atoms with van der Waals surface area (Å²) in [5, 5.41) is 16.5. The van der Waals surface area contributed by atoms with Crippen LogP contribution in [0.3, 0.4) is 0 Å². The molecular weight excluding hydrogens is 286 g/mol. The Morgan fingerprint density at radius 2 is 1.91 bits per heavy atom. The standard InChI is InChI=1S/C15H17N3O4/c1-3-8-18(9-13(19)20)15(21)12-6-4-11(5-7-12)14-17-16-10(2)22-14/h4-7H,3,8-9H2,1-2H3,(H,19,20). The Morgan fingerprint density at radius 3 is 2.41 bits per heavy atom. The highest BCUT2D eigenvalue weighted by molar-refractivity contribution is 5.96. The molecule has 1 N–H and O–H groups in total. The van der Waals surface area contributed by atoms with Crippen LogP contribution in [0.1, 0.15) is 29.6 Å². The van der Waals surface area contributed by atoms with Gasteiger partial charge in [-0.2, -0.15) is 0 Å². The van der Waals surface area contributed by atoms with Gasteiger partial charge in [-0.1, -0.05) is 6.92 Å². The van der Waals surface area contributed by atoms with Crippen molar-refractivity contribution in [2.24, 2.45) is 0 Å². The van der Waals surface area contributed by atoms with E-state index < -0.39 is 5.97 Å². The number of rotatable bonds is 6. The lowest BCUT2D eigenvalue weighted by molar-refractivity contribution is -0.137. The Bertz CT molecular complexity index is 664. The van der Waals surface area contributed by atoms with Crippen molar-refractivity contribution in [3.05, 3.63) is 35.7 Å². The minimum atomic E-state index is -1.03. The molecule has 1 amide bonds. The molecule has 22 heavy (non-hydrogen) atoms. The van der Waals surface area contributed by atoms with Gasteiger partial charge >= 0.3 is 5.97 Å². The van der Waals surface area contributed by atoms with Crippen molar-refractivity contribution in [3.8, 4) is 11.5 Å². The molecule has 0 bridgehead atoms. The number of aryl methyl sites for hydroxylation is 1. The number of carboxylic acids is 1. The third kappa shape index (κ3) is 3.69. The van der Waals surface area contributed by atoms with Crippen LogP contribution >= 0.6 is 0 Å². The molecule has 1 aromatic heterocycles. The fourth-order valence-electron chi connectivity index (χ4n) is 2.04. The van der Waals surface area contributed by atoms with Crippen LogP contribution in [0.2, 0.25) is 0 Å². The Kier molecular flexibility index (Phi) is 4.88.